The molecule has 0 aromatic heterocycles. The molecule has 8 heteroatoms. The van der Waals surface area contributed by atoms with E-state index in [1.807, 2.05) is 30.3 Å². The van der Waals surface area contributed by atoms with Gasteiger partial charge in [0.2, 0.25) is 11.8 Å². The molecule has 1 unspecified atom stereocenters. The summed E-state index contributed by atoms with van der Waals surface area (Å²) in [6, 6.07) is 9.75. The zero-order valence-corrected chi connectivity index (χ0v) is 16.4. The monoisotopic (exact) mass is 402 g/mol. The van der Waals surface area contributed by atoms with Crippen LogP contribution in [0.2, 0.25) is 0 Å². The van der Waals surface area contributed by atoms with Crippen LogP contribution in [-0.2, 0) is 9.59 Å². The summed E-state index contributed by atoms with van der Waals surface area (Å²) in [6.45, 7) is 3.83. The molecule has 3 N–H and O–H groups in total. The number of benzene rings is 1. The zero-order valence-electron chi connectivity index (χ0n) is 14.8. The van der Waals surface area contributed by atoms with Crippen molar-refractivity contribution in [1.82, 2.24) is 15.5 Å². The predicted octanol–water partition coefficient (Wildman–Crippen LogP) is 1.66. The fourth-order valence-electron chi connectivity index (χ4n) is 3.36. The first-order valence-corrected chi connectivity index (χ1v) is 8.79. The molecule has 2 heterocycles. The molecule has 0 bridgehead atoms. The van der Waals surface area contributed by atoms with Crippen molar-refractivity contribution in [3.63, 3.8) is 0 Å². The van der Waals surface area contributed by atoms with E-state index in [1.54, 1.807) is 0 Å². The molecule has 3 rings (SSSR count). The maximum absolute atomic E-state index is 12.1. The molecule has 1 aromatic carbocycles. The first kappa shape index (κ1) is 22.7. The Balaban J connectivity index is 0.00000169. The summed E-state index contributed by atoms with van der Waals surface area (Å²) in [5.41, 5.74) is 0.829. The van der Waals surface area contributed by atoms with Crippen LogP contribution in [0.4, 0.5) is 5.69 Å². The summed E-state index contributed by atoms with van der Waals surface area (Å²) in [5.74, 6) is 0.320. The molecule has 1 aromatic rings. The molecule has 2 amide bonds. The van der Waals surface area contributed by atoms with Gasteiger partial charge in [-0.3, -0.25) is 14.5 Å². The molecule has 2 fully saturated rings. The number of rotatable bonds is 5. The van der Waals surface area contributed by atoms with Crippen molar-refractivity contribution in [3.8, 4) is 0 Å². The third-order valence-electron chi connectivity index (χ3n) is 4.79. The number of piperidine rings is 1. The van der Waals surface area contributed by atoms with Gasteiger partial charge in [0.1, 0.15) is 0 Å². The number of carbonyl (C=O) groups is 2. The van der Waals surface area contributed by atoms with Crippen molar-refractivity contribution in [2.75, 3.05) is 38.0 Å². The minimum atomic E-state index is 0. The van der Waals surface area contributed by atoms with Crippen molar-refractivity contribution in [3.05, 3.63) is 30.3 Å². The van der Waals surface area contributed by atoms with Crippen LogP contribution in [0.1, 0.15) is 19.3 Å². The zero-order chi connectivity index (χ0) is 16.8. The van der Waals surface area contributed by atoms with Gasteiger partial charge in [-0.2, -0.15) is 0 Å². The number of likely N-dealkylation sites (tertiary alicyclic amines) is 1. The smallest absolute Gasteiger partial charge is 0.238 e. The number of nitrogens with one attached hydrogen (secondary N) is 3. The second kappa shape index (κ2) is 11.4. The lowest BCUT2D eigenvalue weighted by Crippen LogP contribution is -2.48. The number of anilines is 1. The van der Waals surface area contributed by atoms with Crippen LogP contribution in [0, 0.1) is 5.92 Å². The number of hydrogen-bond donors (Lipinski definition) is 3. The summed E-state index contributed by atoms with van der Waals surface area (Å²) in [5, 5.41) is 9.31. The van der Waals surface area contributed by atoms with E-state index >= 15 is 0 Å². The minimum absolute atomic E-state index is 0. The molecule has 2 aliphatic rings. The van der Waals surface area contributed by atoms with E-state index < -0.39 is 0 Å². The van der Waals surface area contributed by atoms with Gasteiger partial charge >= 0.3 is 0 Å². The minimum Gasteiger partial charge on any atom is -0.353 e. The number of para-hydroxylation sites is 1. The van der Waals surface area contributed by atoms with E-state index in [0.717, 1.165) is 51.1 Å². The highest BCUT2D eigenvalue weighted by Crippen LogP contribution is 2.13. The largest absolute Gasteiger partial charge is 0.353 e. The van der Waals surface area contributed by atoms with Crippen LogP contribution in [0.3, 0.4) is 0 Å². The van der Waals surface area contributed by atoms with Crippen LogP contribution < -0.4 is 16.0 Å². The van der Waals surface area contributed by atoms with E-state index in [1.165, 1.54) is 0 Å². The number of nitrogens with zero attached hydrogens (tertiary/aromatic N) is 1. The second-order valence-electron chi connectivity index (χ2n) is 6.66. The molecule has 2 saturated heterocycles. The number of carbonyl (C=O) groups excluding carboxylic acids is 2. The average Bonchev–Trinajstić information content (AvgIpc) is 3.12. The van der Waals surface area contributed by atoms with Gasteiger partial charge in [0.05, 0.1) is 12.5 Å². The first-order valence-electron chi connectivity index (χ1n) is 8.79. The molecule has 0 radical (unpaired) electrons. The standard InChI is InChI=1S/C18H26N4O2.2ClH/c23-17(20-15-4-2-1-3-5-15)13-22-10-7-16(8-11-22)21-18(24)14-6-9-19-12-14;;/h1-5,14,16,19H,6-13H2,(H,20,23)(H,21,24);2*1H. The van der Waals surface area contributed by atoms with E-state index in [4.69, 9.17) is 0 Å². The van der Waals surface area contributed by atoms with Gasteiger partial charge in [-0.05, 0) is 37.9 Å². The van der Waals surface area contributed by atoms with E-state index in [-0.39, 0.29) is 48.6 Å². The Kier molecular flexibility index (Phi) is 9.94. The molecule has 2 aliphatic heterocycles. The highest BCUT2D eigenvalue weighted by atomic mass is 35.5. The first-order chi connectivity index (χ1) is 11.7. The van der Waals surface area contributed by atoms with Gasteiger partial charge in [0, 0.05) is 31.4 Å². The van der Waals surface area contributed by atoms with E-state index in [2.05, 4.69) is 20.9 Å². The molecule has 1 atom stereocenters. The Morgan fingerprint density at radius 3 is 2.38 bits per heavy atom. The molecular formula is C18H28Cl2N4O2. The van der Waals surface area contributed by atoms with Crippen molar-refractivity contribution in [1.29, 1.82) is 0 Å². The Morgan fingerprint density at radius 1 is 1.08 bits per heavy atom. The van der Waals surface area contributed by atoms with Crippen molar-refractivity contribution >= 4 is 42.3 Å². The fraction of sp³-hybridized carbons (Fsp3) is 0.556. The Hall–Kier alpha value is -1.34. The topological polar surface area (TPSA) is 73.5 Å². The number of halogens is 2. The molecule has 0 spiro atoms. The molecule has 0 saturated carbocycles. The fourth-order valence-corrected chi connectivity index (χ4v) is 3.36. The summed E-state index contributed by atoms with van der Waals surface area (Å²) in [7, 11) is 0. The third kappa shape index (κ3) is 6.76. The molecular weight excluding hydrogens is 375 g/mol. The lowest BCUT2D eigenvalue weighted by Gasteiger charge is -2.32. The maximum atomic E-state index is 12.1. The quantitative estimate of drug-likeness (QED) is 0.699. The SMILES string of the molecule is Cl.Cl.O=C(CN1CCC(NC(=O)C2CCNC2)CC1)Nc1ccccc1. The molecule has 6 nitrogen and oxygen atoms in total. The van der Waals surface area contributed by atoms with Crippen molar-refractivity contribution < 1.29 is 9.59 Å². The lowest BCUT2D eigenvalue weighted by atomic mass is 10.0. The maximum Gasteiger partial charge on any atom is 0.238 e. The second-order valence-corrected chi connectivity index (χ2v) is 6.66. The Morgan fingerprint density at radius 2 is 1.77 bits per heavy atom. The number of amides is 2. The van der Waals surface area contributed by atoms with Crippen molar-refractivity contribution in [2.45, 2.75) is 25.3 Å². The summed E-state index contributed by atoms with van der Waals surface area (Å²) >= 11 is 0. The van der Waals surface area contributed by atoms with Crippen LogP contribution in [0.25, 0.3) is 0 Å². The summed E-state index contributed by atoms with van der Waals surface area (Å²) in [6.07, 6.45) is 2.75. The van der Waals surface area contributed by atoms with Gasteiger partial charge in [-0.1, -0.05) is 18.2 Å². The summed E-state index contributed by atoms with van der Waals surface area (Å²) in [4.78, 5) is 26.4. The lowest BCUT2D eigenvalue weighted by molar-refractivity contribution is -0.125. The Labute approximate surface area is 167 Å². The molecule has 0 aliphatic carbocycles. The highest BCUT2D eigenvalue weighted by molar-refractivity contribution is 5.92. The number of hydrogen-bond acceptors (Lipinski definition) is 4. The molecule has 146 valence electrons. The van der Waals surface area contributed by atoms with Gasteiger partial charge < -0.3 is 16.0 Å². The normalized spacial score (nSPS) is 20.5. The van der Waals surface area contributed by atoms with Gasteiger partial charge in [-0.15, -0.1) is 24.8 Å². The van der Waals surface area contributed by atoms with Gasteiger partial charge in [0.25, 0.3) is 0 Å². The average molecular weight is 403 g/mol. The van der Waals surface area contributed by atoms with E-state index in [9.17, 15) is 9.59 Å². The van der Waals surface area contributed by atoms with Crippen LogP contribution in [-0.4, -0.2) is 55.5 Å². The predicted molar refractivity (Wildman–Crippen MR) is 108 cm³/mol. The van der Waals surface area contributed by atoms with Crippen LogP contribution >= 0.6 is 24.8 Å². The van der Waals surface area contributed by atoms with Gasteiger partial charge in [-0.25, -0.2) is 0 Å². The third-order valence-corrected chi connectivity index (χ3v) is 4.79. The molecule has 26 heavy (non-hydrogen) atoms. The van der Waals surface area contributed by atoms with E-state index in [0.29, 0.717) is 6.54 Å². The van der Waals surface area contributed by atoms with Crippen LogP contribution in [0.5, 0.6) is 0 Å². The highest BCUT2D eigenvalue weighted by Gasteiger charge is 2.27. The van der Waals surface area contributed by atoms with Crippen LogP contribution in [0.15, 0.2) is 30.3 Å². The van der Waals surface area contributed by atoms with Crippen molar-refractivity contribution in [2.24, 2.45) is 5.92 Å². The van der Waals surface area contributed by atoms with Gasteiger partial charge in [0.15, 0.2) is 0 Å². The summed E-state index contributed by atoms with van der Waals surface area (Å²) < 4.78 is 0. The Bertz CT molecular complexity index is 560.